The maximum absolute atomic E-state index is 12.7. The first-order valence-corrected chi connectivity index (χ1v) is 30.9. The predicted octanol–water partition coefficient (Wildman–Crippen LogP) is -4.81. The summed E-state index contributed by atoms with van der Waals surface area (Å²) in [5.74, 6) is -2.72. The van der Waals surface area contributed by atoms with Crippen LogP contribution in [0.25, 0.3) is 0 Å². The molecule has 0 amide bonds. The minimum Gasteiger partial charge on any atom is -0.394 e. The van der Waals surface area contributed by atoms with Gasteiger partial charge in [-0.25, -0.2) is 0 Å². The number of aliphatic hydroxyl groups is 18. The molecule has 5 aliphatic heterocycles. The number of rotatable bonds is 15. The van der Waals surface area contributed by atoms with Gasteiger partial charge in [-0.05, 0) is 103 Å². The number of ether oxygens (including phenoxy) is 10. The van der Waals surface area contributed by atoms with E-state index in [1.807, 2.05) is 13.8 Å². The van der Waals surface area contributed by atoms with Crippen molar-refractivity contribution in [3.05, 3.63) is 11.6 Å². The summed E-state index contributed by atoms with van der Waals surface area (Å²) in [5, 5.41) is 196. The monoisotopic (exact) mass is 1250 g/mol. The molecule has 10 aliphatic rings. The summed E-state index contributed by atoms with van der Waals surface area (Å²) < 4.78 is 59.7. The van der Waals surface area contributed by atoms with Crippen LogP contribution in [0.2, 0.25) is 0 Å². The third-order valence-electron chi connectivity index (χ3n) is 23.6. The minimum absolute atomic E-state index is 0.0674. The second kappa shape index (κ2) is 24.7. The first kappa shape index (κ1) is 68.5. The molecular formula is C59H98O28. The van der Waals surface area contributed by atoms with Gasteiger partial charge in [0, 0.05) is 5.41 Å². The van der Waals surface area contributed by atoms with Crippen molar-refractivity contribution in [3.8, 4) is 0 Å². The number of allylic oxidation sites excluding steroid dienone is 2. The lowest BCUT2D eigenvalue weighted by molar-refractivity contribution is -0.374. The van der Waals surface area contributed by atoms with Crippen LogP contribution in [0, 0.1) is 50.2 Å². The molecule has 0 spiro atoms. The summed E-state index contributed by atoms with van der Waals surface area (Å²) >= 11 is 0. The Morgan fingerprint density at radius 1 is 0.517 bits per heavy atom. The molecule has 0 aromatic carbocycles. The summed E-state index contributed by atoms with van der Waals surface area (Å²) in [6.45, 7) is 13.2. The molecule has 502 valence electrons. The fraction of sp³-hybridized carbons (Fsp3) is 0.966. The second-order valence-electron chi connectivity index (χ2n) is 29.1. The molecule has 87 heavy (non-hydrogen) atoms. The van der Waals surface area contributed by atoms with Gasteiger partial charge in [-0.3, -0.25) is 0 Å². The highest BCUT2D eigenvalue weighted by Gasteiger charge is 2.71. The number of hydrogen-bond acceptors (Lipinski definition) is 28. The van der Waals surface area contributed by atoms with Crippen molar-refractivity contribution < 1.29 is 139 Å². The Hall–Kier alpha value is -1.38. The fourth-order valence-corrected chi connectivity index (χ4v) is 17.8. The summed E-state index contributed by atoms with van der Waals surface area (Å²) in [4.78, 5) is 0. The van der Waals surface area contributed by atoms with Crippen molar-refractivity contribution in [1.82, 2.24) is 0 Å². The molecule has 0 bridgehead atoms. The smallest absolute Gasteiger partial charge is 0.221 e. The summed E-state index contributed by atoms with van der Waals surface area (Å²) in [6, 6.07) is 0. The molecule has 5 aliphatic carbocycles. The number of fused-ring (bicyclic) bond motifs is 7. The van der Waals surface area contributed by atoms with E-state index < -0.39 is 219 Å². The average Bonchev–Trinajstić information content (AvgIpc) is 1.06. The third-order valence-corrected chi connectivity index (χ3v) is 23.6. The standard InChI is InChI=1S/C59H98O28/c1-23-32(62)36(66)41(71)50(81-23)86-44-39(69)35(65)28(19-78-48-40(70)37(67)33(63)26(18-60)82-48)84-52(44)80-22-58-16-15-56(7)24(25(58)17-53(2,3)46(75)47(58)76)9-10-30-55(6)13-12-31(54(4,5)29(55)11-14-57(30,56)8)85-51-42(72)38(68)34(64)27(83-51)20-79-49-43(73)45(74)59(77,21-61)87-49/h9,23,25-52,60-77H,10-22H2,1-8H3/t23?,25?,26?,27?,28?,29?,30?,31-,32-,33-,34-,35-,36-,37-,38-,39-,40?,41?,42?,43-,44?,45?,46-,47-,48+,49+,50-,51-,52+,55-,56+,57+,58-,59+/m0/s1. The summed E-state index contributed by atoms with van der Waals surface area (Å²) in [5.41, 5.74) is -2.52. The van der Waals surface area contributed by atoms with Crippen LogP contribution in [0.1, 0.15) is 107 Å². The highest BCUT2D eigenvalue weighted by atomic mass is 16.8. The molecule has 4 saturated carbocycles. The molecule has 0 aromatic heterocycles. The van der Waals surface area contributed by atoms with E-state index in [-0.39, 0.29) is 29.3 Å². The Morgan fingerprint density at radius 3 is 1.70 bits per heavy atom. The third kappa shape index (κ3) is 11.2. The molecule has 5 saturated heterocycles. The Balaban J connectivity index is 0.888. The van der Waals surface area contributed by atoms with Gasteiger partial charge < -0.3 is 139 Å². The van der Waals surface area contributed by atoms with E-state index in [4.69, 9.17) is 47.4 Å². The van der Waals surface area contributed by atoms with Crippen molar-refractivity contribution in [2.45, 2.75) is 272 Å². The summed E-state index contributed by atoms with van der Waals surface area (Å²) in [6.07, 6.45) is -34.1. The lowest BCUT2D eigenvalue weighted by Crippen LogP contribution is -2.69. The SMILES string of the molecule is CC1O[C@@H](OC2[C@H](OC[C@@]34CC[C@]5(C)C(=CCC6[C@@]7(C)CC[C@H](O[C@@H]8OC(CO[C@@H]9O[C@](O)(CO)C(O)[C@@H]9O)[C@H](O)[C@H](O)C8O)C(C)(C)C7CC[C@]65C)C3CC(C)(C)[C@@H](O)[C@@H]4O)OC(CO[C@@H]3OC(CO)[C@H](O)[C@H](O)C3O)[C@H](O)[C@@H]2O)C(O)[C@@H](O)[C@H]1O. The van der Waals surface area contributed by atoms with Crippen LogP contribution >= 0.6 is 0 Å². The maximum atomic E-state index is 12.7. The van der Waals surface area contributed by atoms with Crippen molar-refractivity contribution in [2.24, 2.45) is 50.2 Å². The van der Waals surface area contributed by atoms with Gasteiger partial charge >= 0.3 is 0 Å². The molecular weight excluding hydrogens is 1160 g/mol. The Labute approximate surface area is 505 Å². The molecule has 28 nitrogen and oxygen atoms in total. The molecule has 9 fully saturated rings. The van der Waals surface area contributed by atoms with Gasteiger partial charge in [0.15, 0.2) is 31.5 Å². The van der Waals surface area contributed by atoms with E-state index >= 15 is 0 Å². The molecule has 10 rings (SSSR count). The number of hydrogen-bond donors (Lipinski definition) is 18. The van der Waals surface area contributed by atoms with E-state index in [0.29, 0.717) is 38.5 Å². The van der Waals surface area contributed by atoms with Crippen LogP contribution in [0.5, 0.6) is 0 Å². The van der Waals surface area contributed by atoms with Crippen molar-refractivity contribution in [1.29, 1.82) is 0 Å². The lowest BCUT2D eigenvalue weighted by Gasteiger charge is -2.72. The zero-order valence-corrected chi connectivity index (χ0v) is 50.6. The van der Waals surface area contributed by atoms with Crippen molar-refractivity contribution in [2.75, 3.05) is 33.0 Å². The van der Waals surface area contributed by atoms with E-state index in [1.54, 1.807) is 0 Å². The Morgan fingerprint density at radius 2 is 1.08 bits per heavy atom. The van der Waals surface area contributed by atoms with Crippen LogP contribution in [0.4, 0.5) is 0 Å². The van der Waals surface area contributed by atoms with Crippen LogP contribution in [-0.4, -0.2) is 290 Å². The zero-order valence-electron chi connectivity index (χ0n) is 50.6. The molecule has 0 radical (unpaired) electrons. The van der Waals surface area contributed by atoms with E-state index in [0.717, 1.165) is 18.4 Å². The van der Waals surface area contributed by atoms with E-state index in [2.05, 4.69) is 40.7 Å². The highest BCUT2D eigenvalue weighted by Crippen LogP contribution is 2.76. The van der Waals surface area contributed by atoms with Crippen LogP contribution in [-0.2, 0) is 47.4 Å². The average molecular weight is 1260 g/mol. The van der Waals surface area contributed by atoms with Gasteiger partial charge in [-0.1, -0.05) is 60.1 Å². The number of aliphatic hydroxyl groups excluding tert-OH is 17. The molecule has 34 atom stereocenters. The molecule has 28 heteroatoms. The fourth-order valence-electron chi connectivity index (χ4n) is 17.8. The van der Waals surface area contributed by atoms with Gasteiger partial charge in [0.1, 0.15) is 104 Å². The van der Waals surface area contributed by atoms with Crippen LogP contribution in [0.3, 0.4) is 0 Å². The first-order valence-electron chi connectivity index (χ1n) is 30.9. The minimum atomic E-state index is -2.51. The molecule has 5 heterocycles. The van der Waals surface area contributed by atoms with Gasteiger partial charge in [-0.15, -0.1) is 0 Å². The van der Waals surface area contributed by atoms with Gasteiger partial charge in [0.2, 0.25) is 5.79 Å². The second-order valence-corrected chi connectivity index (χ2v) is 29.1. The van der Waals surface area contributed by atoms with Crippen molar-refractivity contribution in [3.63, 3.8) is 0 Å². The molecule has 12 unspecified atom stereocenters. The molecule has 18 N–H and O–H groups in total. The van der Waals surface area contributed by atoms with E-state index in [1.165, 1.54) is 6.92 Å². The van der Waals surface area contributed by atoms with Crippen LogP contribution in [0.15, 0.2) is 11.6 Å². The Kier molecular flexibility index (Phi) is 19.5. The van der Waals surface area contributed by atoms with Crippen molar-refractivity contribution >= 4 is 0 Å². The van der Waals surface area contributed by atoms with E-state index in [9.17, 15) is 91.9 Å². The largest absolute Gasteiger partial charge is 0.394 e. The first-order chi connectivity index (χ1) is 40.6. The quantitative estimate of drug-likeness (QED) is 0.0540. The zero-order chi connectivity index (χ0) is 63.8. The molecule has 0 aromatic rings. The predicted molar refractivity (Wildman–Crippen MR) is 292 cm³/mol. The van der Waals surface area contributed by atoms with Gasteiger partial charge in [0.25, 0.3) is 0 Å². The van der Waals surface area contributed by atoms with Crippen LogP contribution < -0.4 is 0 Å². The van der Waals surface area contributed by atoms with Gasteiger partial charge in [0.05, 0.1) is 57.5 Å². The normalized spacial score (nSPS) is 55.7. The highest BCUT2D eigenvalue weighted by molar-refractivity contribution is 5.35. The maximum Gasteiger partial charge on any atom is 0.221 e. The van der Waals surface area contributed by atoms with Gasteiger partial charge in [-0.2, -0.15) is 0 Å². The lowest BCUT2D eigenvalue weighted by atomic mass is 9.33. The summed E-state index contributed by atoms with van der Waals surface area (Å²) in [7, 11) is 0. The topological polar surface area (TPSA) is 456 Å². The Bertz CT molecular complexity index is 2410.